The summed E-state index contributed by atoms with van der Waals surface area (Å²) < 4.78 is 5.25. The molecule has 100 valence electrons. The van der Waals surface area contributed by atoms with Crippen LogP contribution >= 0.6 is 12.4 Å². The molecule has 2 aliphatic rings. The van der Waals surface area contributed by atoms with Crippen molar-refractivity contribution in [2.45, 2.75) is 50.6 Å². The van der Waals surface area contributed by atoms with Gasteiger partial charge in [-0.3, -0.25) is 4.79 Å². The number of nitrogens with two attached hydrogens (primary N) is 1. The Morgan fingerprint density at radius 1 is 1.35 bits per heavy atom. The minimum atomic E-state index is -0.694. The van der Waals surface area contributed by atoms with Crippen LogP contribution in [-0.4, -0.2) is 30.7 Å². The minimum absolute atomic E-state index is 0. The molecule has 2 unspecified atom stereocenters. The van der Waals surface area contributed by atoms with Gasteiger partial charge in [-0.05, 0) is 31.6 Å². The standard InChI is InChI=1S/C12H22N2O2.ClH/c1-9-3-2-4-10(9)14-11(15)12(13)5-7-16-8-6-12;/h9-10H,2-8,13H2,1H3,(H,14,15);1H. The third kappa shape index (κ3) is 3.33. The SMILES string of the molecule is CC1CCCC1NC(=O)C1(N)CCOCC1.Cl. The Hall–Kier alpha value is -0.320. The lowest BCUT2D eigenvalue weighted by atomic mass is 9.89. The summed E-state index contributed by atoms with van der Waals surface area (Å²) in [6.07, 6.45) is 4.80. The van der Waals surface area contributed by atoms with Crippen LogP contribution in [0, 0.1) is 5.92 Å². The molecule has 1 saturated carbocycles. The van der Waals surface area contributed by atoms with Crippen molar-refractivity contribution in [2.75, 3.05) is 13.2 Å². The van der Waals surface area contributed by atoms with Crippen molar-refractivity contribution >= 4 is 18.3 Å². The van der Waals surface area contributed by atoms with Gasteiger partial charge in [0, 0.05) is 19.3 Å². The first kappa shape index (κ1) is 14.7. The van der Waals surface area contributed by atoms with Crippen molar-refractivity contribution in [1.82, 2.24) is 5.32 Å². The average molecular weight is 263 g/mol. The summed E-state index contributed by atoms with van der Waals surface area (Å²) in [7, 11) is 0. The Morgan fingerprint density at radius 3 is 2.53 bits per heavy atom. The molecule has 1 heterocycles. The van der Waals surface area contributed by atoms with Gasteiger partial charge in [-0.15, -0.1) is 12.4 Å². The normalized spacial score (nSPS) is 31.6. The van der Waals surface area contributed by atoms with E-state index in [0.29, 0.717) is 38.0 Å². The number of hydrogen-bond donors (Lipinski definition) is 2. The lowest BCUT2D eigenvalue weighted by Crippen LogP contribution is -2.59. The smallest absolute Gasteiger partial charge is 0.240 e. The zero-order chi connectivity index (χ0) is 11.6. The summed E-state index contributed by atoms with van der Waals surface area (Å²) in [5, 5.41) is 3.12. The molecule has 0 spiro atoms. The number of hydrogen-bond acceptors (Lipinski definition) is 3. The summed E-state index contributed by atoms with van der Waals surface area (Å²) >= 11 is 0. The Kier molecular flexibility index (Phi) is 5.22. The fourth-order valence-electron chi connectivity index (χ4n) is 2.63. The van der Waals surface area contributed by atoms with Crippen molar-refractivity contribution in [3.8, 4) is 0 Å². The molecule has 5 heteroatoms. The van der Waals surface area contributed by atoms with Gasteiger partial charge in [0.15, 0.2) is 0 Å². The molecule has 1 amide bonds. The van der Waals surface area contributed by atoms with Crippen LogP contribution in [-0.2, 0) is 9.53 Å². The maximum Gasteiger partial charge on any atom is 0.240 e. The number of ether oxygens (including phenoxy) is 1. The fourth-order valence-corrected chi connectivity index (χ4v) is 2.63. The van der Waals surface area contributed by atoms with E-state index in [9.17, 15) is 4.79 Å². The predicted octanol–water partition coefficient (Wildman–Crippen LogP) is 1.22. The topological polar surface area (TPSA) is 64.4 Å². The van der Waals surface area contributed by atoms with Crippen molar-refractivity contribution < 1.29 is 9.53 Å². The molecule has 0 aromatic heterocycles. The van der Waals surface area contributed by atoms with Crippen LogP contribution in [0.2, 0.25) is 0 Å². The summed E-state index contributed by atoms with van der Waals surface area (Å²) in [6.45, 7) is 3.40. The van der Waals surface area contributed by atoms with Crippen LogP contribution in [0.25, 0.3) is 0 Å². The highest BCUT2D eigenvalue weighted by atomic mass is 35.5. The van der Waals surface area contributed by atoms with Gasteiger partial charge in [0.25, 0.3) is 0 Å². The predicted molar refractivity (Wildman–Crippen MR) is 69.2 cm³/mol. The van der Waals surface area contributed by atoms with Crippen LogP contribution in [0.5, 0.6) is 0 Å². The largest absolute Gasteiger partial charge is 0.381 e. The molecule has 1 aliphatic heterocycles. The first-order valence-electron chi connectivity index (χ1n) is 6.29. The van der Waals surface area contributed by atoms with Crippen molar-refractivity contribution in [2.24, 2.45) is 11.7 Å². The molecule has 1 saturated heterocycles. The highest BCUT2D eigenvalue weighted by Crippen LogP contribution is 2.26. The molecular weight excluding hydrogens is 240 g/mol. The molecule has 4 nitrogen and oxygen atoms in total. The molecule has 2 rings (SSSR count). The Bertz CT molecular complexity index is 267. The van der Waals surface area contributed by atoms with Crippen molar-refractivity contribution in [1.29, 1.82) is 0 Å². The fraction of sp³-hybridized carbons (Fsp3) is 0.917. The molecule has 0 aromatic carbocycles. The van der Waals surface area contributed by atoms with E-state index in [1.54, 1.807) is 0 Å². The lowest BCUT2D eigenvalue weighted by Gasteiger charge is -2.33. The van der Waals surface area contributed by atoms with E-state index in [2.05, 4.69) is 12.2 Å². The number of rotatable bonds is 2. The van der Waals surface area contributed by atoms with Crippen LogP contribution < -0.4 is 11.1 Å². The Balaban J connectivity index is 0.00000144. The summed E-state index contributed by atoms with van der Waals surface area (Å²) in [6, 6.07) is 0.329. The van der Waals surface area contributed by atoms with E-state index in [4.69, 9.17) is 10.5 Å². The first-order chi connectivity index (χ1) is 7.62. The summed E-state index contributed by atoms with van der Waals surface area (Å²) in [5.41, 5.74) is 5.44. The molecule has 2 atom stereocenters. The van der Waals surface area contributed by atoms with Crippen molar-refractivity contribution in [3.63, 3.8) is 0 Å². The van der Waals surface area contributed by atoms with Crippen LogP contribution in [0.15, 0.2) is 0 Å². The molecule has 0 bridgehead atoms. The highest BCUT2D eigenvalue weighted by Gasteiger charge is 2.38. The van der Waals surface area contributed by atoms with E-state index < -0.39 is 5.54 Å². The van der Waals surface area contributed by atoms with Crippen molar-refractivity contribution in [3.05, 3.63) is 0 Å². The number of amides is 1. The number of carbonyl (C=O) groups is 1. The molecular formula is C12H23ClN2O2. The van der Waals surface area contributed by atoms with Gasteiger partial charge in [-0.2, -0.15) is 0 Å². The van der Waals surface area contributed by atoms with E-state index >= 15 is 0 Å². The zero-order valence-electron chi connectivity index (χ0n) is 10.4. The van der Waals surface area contributed by atoms with Gasteiger partial charge in [-0.25, -0.2) is 0 Å². The summed E-state index contributed by atoms with van der Waals surface area (Å²) in [4.78, 5) is 12.1. The highest BCUT2D eigenvalue weighted by molar-refractivity contribution is 5.86. The Morgan fingerprint density at radius 2 is 2.00 bits per heavy atom. The molecule has 17 heavy (non-hydrogen) atoms. The molecule has 0 aromatic rings. The summed E-state index contributed by atoms with van der Waals surface area (Å²) in [5.74, 6) is 0.613. The molecule has 2 fully saturated rings. The van der Waals surface area contributed by atoms with Crippen LogP contribution in [0.1, 0.15) is 39.0 Å². The second-order valence-electron chi connectivity index (χ2n) is 5.26. The van der Waals surface area contributed by atoms with E-state index in [1.165, 1.54) is 12.8 Å². The van der Waals surface area contributed by atoms with E-state index in [0.717, 1.165) is 6.42 Å². The van der Waals surface area contributed by atoms with E-state index in [1.807, 2.05) is 0 Å². The monoisotopic (exact) mass is 262 g/mol. The van der Waals surface area contributed by atoms with E-state index in [-0.39, 0.29) is 18.3 Å². The van der Waals surface area contributed by atoms with Crippen LogP contribution in [0.4, 0.5) is 0 Å². The second kappa shape index (κ2) is 6.03. The maximum absolute atomic E-state index is 12.1. The zero-order valence-corrected chi connectivity index (χ0v) is 11.2. The molecule has 1 aliphatic carbocycles. The second-order valence-corrected chi connectivity index (χ2v) is 5.26. The number of halogens is 1. The molecule has 3 N–H and O–H groups in total. The van der Waals surface area contributed by atoms with Gasteiger partial charge >= 0.3 is 0 Å². The third-order valence-corrected chi connectivity index (χ3v) is 4.02. The average Bonchev–Trinajstić information content (AvgIpc) is 2.65. The minimum Gasteiger partial charge on any atom is -0.381 e. The van der Waals surface area contributed by atoms with Gasteiger partial charge < -0.3 is 15.8 Å². The van der Waals surface area contributed by atoms with Gasteiger partial charge in [0.2, 0.25) is 5.91 Å². The Labute approximate surface area is 109 Å². The van der Waals surface area contributed by atoms with Crippen LogP contribution in [0.3, 0.4) is 0 Å². The lowest BCUT2D eigenvalue weighted by molar-refractivity contribution is -0.130. The third-order valence-electron chi connectivity index (χ3n) is 4.02. The molecule has 0 radical (unpaired) electrons. The van der Waals surface area contributed by atoms with Gasteiger partial charge in [-0.1, -0.05) is 13.3 Å². The quantitative estimate of drug-likeness (QED) is 0.787. The number of nitrogens with one attached hydrogen (secondary N) is 1. The first-order valence-corrected chi connectivity index (χ1v) is 6.29. The van der Waals surface area contributed by atoms with Gasteiger partial charge in [0.05, 0.1) is 5.54 Å². The number of carbonyl (C=O) groups excluding carboxylic acids is 1. The maximum atomic E-state index is 12.1. The van der Waals surface area contributed by atoms with Gasteiger partial charge in [0.1, 0.15) is 0 Å².